The average molecular weight is 1500 g/mol. The fourth-order valence-corrected chi connectivity index (χ4v) is 22.9. The molecule has 582 valence electrons. The summed E-state index contributed by atoms with van der Waals surface area (Å²) in [6.45, 7) is 12.8. The van der Waals surface area contributed by atoms with Gasteiger partial charge >= 0.3 is 17.9 Å². The molecule has 0 amide bonds. The van der Waals surface area contributed by atoms with Crippen molar-refractivity contribution in [3.8, 4) is 33.8 Å². The summed E-state index contributed by atoms with van der Waals surface area (Å²) in [5.74, 6) is 2.20. The number of aryl methyl sites for hydroxylation is 6. The number of piperidine rings is 3. The van der Waals surface area contributed by atoms with Crippen LogP contribution in [0.25, 0.3) is 99.2 Å². The second-order valence-electron chi connectivity index (χ2n) is 34.9. The molecular weight excluding hydrogens is 1390 g/mol. The van der Waals surface area contributed by atoms with Crippen LogP contribution in [0.2, 0.25) is 0 Å². The number of nitrogens with zero attached hydrogens (tertiary/aromatic N) is 8. The van der Waals surface area contributed by atoms with Crippen LogP contribution in [-0.2, 0) is 48.7 Å². The molecule has 12 aromatic rings. The number of esters is 2. The predicted molar refractivity (Wildman–Crippen MR) is 453 cm³/mol. The SMILES string of the molecule is CN1CCC(c2cn3c4c(cccc24)-c2c(C4CCCCC4)c4ccc(C(=O)O)cc4n2CCC3)CC1.COC(=O)c1ccc2c(C3CCCCC3)c3n(c2c1)CCCn1cc(C2CCN(C)CC2)c2cccc-3c21.COC(=O)c1ccc2c(C3CCCCC3)c3n(c2c1)CCCn1cc(C2CCNCC2)c2cccc-3c21. The van der Waals surface area contributed by atoms with E-state index in [4.69, 9.17) is 9.47 Å². The van der Waals surface area contributed by atoms with Crippen molar-refractivity contribution < 1.29 is 29.0 Å². The van der Waals surface area contributed by atoms with Crippen LogP contribution in [0.3, 0.4) is 0 Å². The number of carboxylic acid groups (broad SMARTS) is 1. The van der Waals surface area contributed by atoms with E-state index < -0.39 is 5.97 Å². The third-order valence-corrected chi connectivity index (χ3v) is 28.4. The number of carbonyl (C=O) groups is 3. The molecule has 3 saturated heterocycles. The first kappa shape index (κ1) is 73.1. The highest BCUT2D eigenvalue weighted by Crippen LogP contribution is 2.53. The van der Waals surface area contributed by atoms with Gasteiger partial charge in [-0.25, -0.2) is 14.4 Å². The summed E-state index contributed by atoms with van der Waals surface area (Å²) in [6.07, 6.45) is 37.3. The molecule has 21 rings (SSSR count). The van der Waals surface area contributed by atoms with Gasteiger partial charge in [0.25, 0.3) is 0 Å². The number of methoxy groups -OCH3 is 2. The highest BCUT2D eigenvalue weighted by atomic mass is 16.5. The Kier molecular flexibility index (Phi) is 20.2. The molecule has 12 heterocycles. The number of aromatic nitrogens is 6. The summed E-state index contributed by atoms with van der Waals surface area (Å²) in [6, 6.07) is 39.3. The molecule has 0 atom stereocenters. The smallest absolute Gasteiger partial charge is 0.337 e. The van der Waals surface area contributed by atoms with Crippen molar-refractivity contribution in [2.24, 2.45) is 0 Å². The number of fused-ring (bicyclic) bond motifs is 12. The Balaban J connectivity index is 0.000000113. The van der Waals surface area contributed by atoms with E-state index in [0.29, 0.717) is 52.2 Å². The zero-order valence-corrected chi connectivity index (χ0v) is 66.6. The van der Waals surface area contributed by atoms with E-state index >= 15 is 0 Å². The second kappa shape index (κ2) is 31.0. The van der Waals surface area contributed by atoms with Gasteiger partial charge in [-0.2, -0.15) is 0 Å². The van der Waals surface area contributed by atoms with E-state index in [-0.39, 0.29) is 11.9 Å². The maximum atomic E-state index is 12.5. The zero-order valence-electron chi connectivity index (χ0n) is 66.6. The van der Waals surface area contributed by atoms with E-state index in [1.54, 1.807) is 5.56 Å². The van der Waals surface area contributed by atoms with E-state index in [0.717, 1.165) is 77.1 Å². The molecule has 0 spiro atoms. The molecule has 3 aliphatic carbocycles. The van der Waals surface area contributed by atoms with Crippen LogP contribution in [0.5, 0.6) is 0 Å². The molecule has 6 aromatic carbocycles. The fourth-order valence-electron chi connectivity index (χ4n) is 22.9. The third-order valence-electron chi connectivity index (χ3n) is 28.4. The monoisotopic (exact) mass is 1500 g/mol. The summed E-state index contributed by atoms with van der Waals surface area (Å²) >= 11 is 0. The number of carbonyl (C=O) groups excluding carboxylic acids is 2. The Labute approximate surface area is 659 Å². The van der Waals surface area contributed by atoms with Gasteiger partial charge in [0.15, 0.2) is 0 Å². The Morgan fingerprint density at radius 1 is 0.348 bits per heavy atom. The molecule has 112 heavy (non-hydrogen) atoms. The lowest BCUT2D eigenvalue weighted by atomic mass is 9.81. The Morgan fingerprint density at radius 2 is 0.670 bits per heavy atom. The van der Waals surface area contributed by atoms with E-state index in [2.05, 4.69) is 160 Å². The lowest BCUT2D eigenvalue weighted by Gasteiger charge is -2.28. The number of nitrogens with one attached hydrogen (secondary N) is 1. The molecule has 6 aromatic heterocycles. The van der Waals surface area contributed by atoms with Crippen molar-refractivity contribution in [3.05, 3.63) is 178 Å². The maximum absolute atomic E-state index is 12.5. The van der Waals surface area contributed by atoms with Gasteiger partial charge in [-0.3, -0.25) is 0 Å². The predicted octanol–water partition coefficient (Wildman–Crippen LogP) is 21.5. The van der Waals surface area contributed by atoms with Gasteiger partial charge in [0.1, 0.15) is 0 Å². The van der Waals surface area contributed by atoms with Crippen LogP contribution < -0.4 is 5.32 Å². The first-order valence-electron chi connectivity index (χ1n) is 43.3. The molecule has 0 radical (unpaired) electrons. The lowest BCUT2D eigenvalue weighted by Crippen LogP contribution is -2.29. The minimum absolute atomic E-state index is 0.258. The van der Waals surface area contributed by atoms with Crippen molar-refractivity contribution in [1.29, 1.82) is 0 Å². The molecule has 6 aliphatic heterocycles. The molecule has 9 aliphatic rings. The topological polar surface area (TPSA) is 138 Å². The van der Waals surface area contributed by atoms with Crippen molar-refractivity contribution in [2.45, 2.75) is 229 Å². The van der Waals surface area contributed by atoms with Gasteiger partial charge in [-0.1, -0.05) is 131 Å². The molecule has 0 bridgehead atoms. The standard InChI is InChI=1S/C33H39N3O2.2C32H37N3O2/c1-34-18-14-22(15-19-34)28-21-35-16-7-17-36-29-20-24(33(37)38-2)12-13-26(29)30(23-8-4-3-5-9-23)32(36)27-11-6-10-25(28)31(27)35;1-37-32(36)23-11-12-25-28(19-23)35-18-6-17-34-20-27(21-13-15-33-16-14-21)24-9-5-10-26(30(24)34)31(35)29(25)22-7-3-2-4-8-22;1-33-17-13-21(14-18-33)27-20-34-15-6-16-35-28-19-23(32(36)37)11-12-25(28)29(22-7-3-2-4-8-22)31(35)26-10-5-9-24(27)30(26)34/h6,10-13,20-23H,3-5,7-9,14-19H2,1-2H3;5,9-12,19-22,33H,2-4,6-8,13-18H2,1H3;5,9-12,19-22H,2-4,6-8,13-18H2,1H3,(H,36,37). The Hall–Kier alpha value is -9.15. The number of likely N-dealkylation sites (tertiary alicyclic amines) is 2. The van der Waals surface area contributed by atoms with Gasteiger partial charge in [0.05, 0.1) is 64.5 Å². The minimum atomic E-state index is -0.846. The van der Waals surface area contributed by atoms with Crippen LogP contribution >= 0.6 is 0 Å². The van der Waals surface area contributed by atoms with Crippen molar-refractivity contribution in [2.75, 3.05) is 67.6 Å². The summed E-state index contributed by atoms with van der Waals surface area (Å²) in [4.78, 5) is 41.8. The van der Waals surface area contributed by atoms with E-state index in [9.17, 15) is 19.5 Å². The van der Waals surface area contributed by atoms with Gasteiger partial charge in [-0.05, 0) is 255 Å². The number of ether oxygens (including phenoxy) is 2. The summed E-state index contributed by atoms with van der Waals surface area (Å²) in [5.41, 5.74) is 26.7. The normalized spacial score (nSPS) is 19.4. The van der Waals surface area contributed by atoms with E-state index in [1.807, 2.05) is 24.3 Å². The number of aromatic carboxylic acids is 1. The summed E-state index contributed by atoms with van der Waals surface area (Å²) in [5, 5.41) is 21.5. The molecule has 0 unspecified atom stereocenters. The highest BCUT2D eigenvalue weighted by molar-refractivity contribution is 6.07. The van der Waals surface area contributed by atoms with Crippen molar-refractivity contribution in [1.82, 2.24) is 42.5 Å². The fraction of sp³-hybridized carbons (Fsp3) is 0.474. The van der Waals surface area contributed by atoms with Gasteiger partial charge < -0.3 is 57.1 Å². The summed E-state index contributed by atoms with van der Waals surface area (Å²) < 4.78 is 25.5. The first-order chi connectivity index (χ1) is 55.0. The molecule has 2 N–H and O–H groups in total. The van der Waals surface area contributed by atoms with Gasteiger partial charge in [0.2, 0.25) is 0 Å². The van der Waals surface area contributed by atoms with Crippen LogP contribution in [0.15, 0.2) is 128 Å². The number of carboxylic acids is 1. The van der Waals surface area contributed by atoms with Crippen LogP contribution in [0.4, 0.5) is 0 Å². The molecule has 15 heteroatoms. The highest BCUT2D eigenvalue weighted by Gasteiger charge is 2.36. The Morgan fingerprint density at radius 3 is 1.00 bits per heavy atom. The molecule has 6 fully saturated rings. The number of benzene rings is 6. The zero-order chi connectivity index (χ0) is 75.8. The number of hydrogen-bond donors (Lipinski definition) is 2. The minimum Gasteiger partial charge on any atom is -0.478 e. The largest absolute Gasteiger partial charge is 0.478 e. The first-order valence-corrected chi connectivity index (χ1v) is 43.3. The third kappa shape index (κ3) is 13.0. The maximum Gasteiger partial charge on any atom is 0.337 e. The number of para-hydroxylation sites is 3. The van der Waals surface area contributed by atoms with Crippen LogP contribution in [0.1, 0.15) is 254 Å². The molecule has 15 nitrogen and oxygen atoms in total. The lowest BCUT2D eigenvalue weighted by molar-refractivity contribution is 0.0592. The molecular formula is C97H113N9O6. The Bertz CT molecular complexity index is 5570. The molecule has 3 saturated carbocycles. The van der Waals surface area contributed by atoms with Crippen LogP contribution in [0, 0.1) is 0 Å². The van der Waals surface area contributed by atoms with E-state index in [1.165, 1.54) is 297 Å². The quantitative estimate of drug-likeness (QED) is 0.135. The van der Waals surface area contributed by atoms with Crippen LogP contribution in [-0.4, -0.2) is 128 Å². The van der Waals surface area contributed by atoms with Crippen molar-refractivity contribution in [3.63, 3.8) is 0 Å². The number of rotatable bonds is 9. The summed E-state index contributed by atoms with van der Waals surface area (Å²) in [7, 11) is 7.43. The van der Waals surface area contributed by atoms with Gasteiger partial charge in [0, 0.05) is 123 Å². The van der Waals surface area contributed by atoms with Crippen molar-refractivity contribution >= 4 is 83.3 Å². The second-order valence-corrected chi connectivity index (χ2v) is 34.9. The average Bonchev–Trinajstić information content (AvgIpc) is 1.58. The van der Waals surface area contributed by atoms with Gasteiger partial charge in [-0.15, -0.1) is 0 Å². The number of hydrogen-bond acceptors (Lipinski definition) is 8.